The predicted molar refractivity (Wildman–Crippen MR) is 90.9 cm³/mol. The number of aromatic hydroxyl groups is 1. The Morgan fingerprint density at radius 2 is 2.17 bits per heavy atom. The van der Waals surface area contributed by atoms with Gasteiger partial charge in [-0.15, -0.1) is 12.3 Å². The molecule has 0 bridgehead atoms. The van der Waals surface area contributed by atoms with Crippen LogP contribution in [-0.2, 0) is 11.2 Å². The molecule has 1 aliphatic heterocycles. The third kappa shape index (κ3) is 4.72. The fraction of sp³-hybridized carbons (Fsp3) is 0.500. The highest BCUT2D eigenvalue weighted by atomic mass is 16.5. The van der Waals surface area contributed by atoms with Gasteiger partial charge in [-0.05, 0) is 24.1 Å². The number of rotatable bonds is 9. The third-order valence-electron chi connectivity index (χ3n) is 4.20. The molecule has 1 amide bonds. The van der Waals surface area contributed by atoms with Gasteiger partial charge in [-0.25, -0.2) is 0 Å². The van der Waals surface area contributed by atoms with Crippen molar-refractivity contribution < 1.29 is 14.6 Å². The molecule has 2 rings (SSSR count). The number of carbonyl (C=O) groups is 1. The fourth-order valence-corrected chi connectivity index (χ4v) is 2.47. The van der Waals surface area contributed by atoms with Gasteiger partial charge in [0, 0.05) is 39.3 Å². The van der Waals surface area contributed by atoms with E-state index in [1.54, 1.807) is 24.1 Å². The van der Waals surface area contributed by atoms with Gasteiger partial charge in [0.2, 0.25) is 5.91 Å². The highest BCUT2D eigenvalue weighted by Crippen LogP contribution is 2.37. The predicted octanol–water partition coefficient (Wildman–Crippen LogP) is 2.76. The minimum absolute atomic E-state index is 0.0677. The number of methoxy groups -OCH3 is 1. The van der Waals surface area contributed by atoms with Crippen LogP contribution in [0.25, 0.3) is 0 Å². The van der Waals surface area contributed by atoms with Gasteiger partial charge in [-0.2, -0.15) is 10.2 Å². The average molecular weight is 329 g/mol. The molecule has 0 radical (unpaired) electrons. The van der Waals surface area contributed by atoms with Crippen molar-refractivity contribution in [1.82, 2.24) is 4.90 Å². The van der Waals surface area contributed by atoms with Gasteiger partial charge in [0.15, 0.2) is 17.2 Å². The topological polar surface area (TPSA) is 74.5 Å². The van der Waals surface area contributed by atoms with E-state index in [-0.39, 0.29) is 11.7 Å². The number of phenols is 1. The Morgan fingerprint density at radius 3 is 2.79 bits per heavy atom. The molecule has 0 aliphatic carbocycles. The molecule has 0 atom stereocenters. The van der Waals surface area contributed by atoms with E-state index in [1.165, 1.54) is 7.11 Å². The molecule has 1 heterocycles. The Bertz CT molecular complexity index is 658. The molecule has 0 saturated heterocycles. The summed E-state index contributed by atoms with van der Waals surface area (Å²) in [5, 5.41) is 17.7. The monoisotopic (exact) mass is 329 g/mol. The van der Waals surface area contributed by atoms with E-state index in [0.717, 1.165) is 5.56 Å². The van der Waals surface area contributed by atoms with E-state index < -0.39 is 5.66 Å². The van der Waals surface area contributed by atoms with E-state index in [9.17, 15) is 9.90 Å². The third-order valence-corrected chi connectivity index (χ3v) is 4.20. The minimum atomic E-state index is -0.410. The van der Waals surface area contributed by atoms with Crippen LogP contribution < -0.4 is 4.74 Å². The molecule has 0 saturated carbocycles. The molecule has 1 aromatic rings. The Morgan fingerprint density at radius 1 is 1.42 bits per heavy atom. The molecule has 1 N–H and O–H groups in total. The molecule has 6 heteroatoms. The van der Waals surface area contributed by atoms with Crippen molar-refractivity contribution in [3.63, 3.8) is 0 Å². The van der Waals surface area contributed by atoms with Crippen LogP contribution in [0.3, 0.4) is 0 Å². The summed E-state index contributed by atoms with van der Waals surface area (Å²) in [7, 11) is 3.30. The van der Waals surface area contributed by atoms with Crippen molar-refractivity contribution in [1.29, 1.82) is 0 Å². The van der Waals surface area contributed by atoms with Crippen molar-refractivity contribution in [3.05, 3.63) is 23.8 Å². The fourth-order valence-electron chi connectivity index (χ4n) is 2.47. The highest BCUT2D eigenvalue weighted by Gasteiger charge is 2.39. The second-order valence-corrected chi connectivity index (χ2v) is 5.96. The number of benzene rings is 1. The van der Waals surface area contributed by atoms with Gasteiger partial charge in [0.25, 0.3) is 0 Å². The summed E-state index contributed by atoms with van der Waals surface area (Å²) in [6, 6.07) is 5.21. The number of carbonyl (C=O) groups excluding carboxylic acids is 1. The second-order valence-electron chi connectivity index (χ2n) is 5.96. The summed E-state index contributed by atoms with van der Waals surface area (Å²) in [5.74, 6) is 3.20. The lowest BCUT2D eigenvalue weighted by Crippen LogP contribution is -2.29. The van der Waals surface area contributed by atoms with Crippen molar-refractivity contribution >= 4 is 5.91 Å². The van der Waals surface area contributed by atoms with Gasteiger partial charge >= 0.3 is 0 Å². The Kier molecular flexibility index (Phi) is 5.80. The van der Waals surface area contributed by atoms with Crippen molar-refractivity contribution in [2.45, 2.75) is 37.8 Å². The maximum Gasteiger partial charge on any atom is 0.222 e. The molecule has 1 aromatic carbocycles. The minimum Gasteiger partial charge on any atom is -0.504 e. The lowest BCUT2D eigenvalue weighted by Gasteiger charge is -2.18. The largest absolute Gasteiger partial charge is 0.504 e. The summed E-state index contributed by atoms with van der Waals surface area (Å²) in [6.45, 7) is 0.596. The maximum absolute atomic E-state index is 12.2. The van der Waals surface area contributed by atoms with Gasteiger partial charge in [0.05, 0.1) is 7.11 Å². The Hall–Kier alpha value is -2.55. The zero-order valence-electron chi connectivity index (χ0n) is 14.2. The first kappa shape index (κ1) is 17.8. The van der Waals surface area contributed by atoms with Gasteiger partial charge < -0.3 is 14.7 Å². The number of ether oxygens (including phenoxy) is 1. The molecule has 1 aliphatic rings. The van der Waals surface area contributed by atoms with Gasteiger partial charge in [-0.3, -0.25) is 4.79 Å². The van der Waals surface area contributed by atoms with Crippen LogP contribution in [-0.4, -0.2) is 42.3 Å². The maximum atomic E-state index is 12.2. The molecule has 0 aromatic heterocycles. The first-order valence-electron chi connectivity index (χ1n) is 7.97. The lowest BCUT2D eigenvalue weighted by molar-refractivity contribution is -0.130. The number of nitrogens with zero attached hydrogens (tertiary/aromatic N) is 3. The summed E-state index contributed by atoms with van der Waals surface area (Å²) in [5.41, 5.74) is 0.592. The number of hydrogen-bond donors (Lipinski definition) is 1. The van der Waals surface area contributed by atoms with E-state index in [4.69, 9.17) is 11.2 Å². The zero-order chi connectivity index (χ0) is 17.6. The van der Waals surface area contributed by atoms with Crippen LogP contribution in [0, 0.1) is 12.3 Å². The van der Waals surface area contributed by atoms with E-state index >= 15 is 0 Å². The number of amides is 1. The van der Waals surface area contributed by atoms with Crippen LogP contribution in [0.15, 0.2) is 28.4 Å². The van der Waals surface area contributed by atoms with E-state index in [1.807, 2.05) is 6.07 Å². The molecule has 0 fully saturated rings. The summed E-state index contributed by atoms with van der Waals surface area (Å²) in [6.07, 6.45) is 8.32. The smallest absolute Gasteiger partial charge is 0.222 e. The Balaban J connectivity index is 1.77. The number of phenolic OH excluding ortho intramolecular Hbond substituents is 1. The molecule has 0 unspecified atom stereocenters. The zero-order valence-corrected chi connectivity index (χ0v) is 14.2. The normalized spacial score (nSPS) is 14.0. The van der Waals surface area contributed by atoms with E-state index in [2.05, 4.69) is 16.1 Å². The number of hydrogen-bond acceptors (Lipinski definition) is 5. The SMILES string of the molecule is C#CCCC1(CCC(=O)N(C)CCc2ccc(O)c(OC)c2)N=N1. The summed E-state index contributed by atoms with van der Waals surface area (Å²) >= 11 is 0. The molecule has 128 valence electrons. The molecular weight excluding hydrogens is 306 g/mol. The molecule has 24 heavy (non-hydrogen) atoms. The molecule has 6 nitrogen and oxygen atoms in total. The molecular formula is C18H23N3O3. The van der Waals surface area contributed by atoms with Crippen LogP contribution in [0.4, 0.5) is 0 Å². The standard InChI is InChI=1S/C18H23N3O3/c1-4-5-10-18(19-20-18)11-8-17(23)21(2)12-9-14-6-7-15(22)16(13-14)24-3/h1,6-7,13,22H,5,8-12H2,2-3H3. The molecule has 0 spiro atoms. The van der Waals surface area contributed by atoms with Crippen LogP contribution in [0.1, 0.15) is 31.2 Å². The number of terminal acetylenes is 1. The second kappa shape index (κ2) is 7.82. The van der Waals surface area contributed by atoms with Crippen LogP contribution >= 0.6 is 0 Å². The first-order chi connectivity index (χ1) is 11.5. The van der Waals surface area contributed by atoms with Crippen molar-refractivity contribution in [2.24, 2.45) is 10.2 Å². The summed E-state index contributed by atoms with van der Waals surface area (Å²) < 4.78 is 5.09. The van der Waals surface area contributed by atoms with Crippen molar-refractivity contribution in [2.75, 3.05) is 20.7 Å². The van der Waals surface area contributed by atoms with Crippen LogP contribution in [0.2, 0.25) is 0 Å². The van der Waals surface area contributed by atoms with Gasteiger partial charge in [0.1, 0.15) is 0 Å². The van der Waals surface area contributed by atoms with Crippen molar-refractivity contribution in [3.8, 4) is 23.8 Å². The van der Waals surface area contributed by atoms with Gasteiger partial charge in [-0.1, -0.05) is 6.07 Å². The average Bonchev–Trinajstić information content (AvgIpc) is 3.37. The highest BCUT2D eigenvalue weighted by molar-refractivity contribution is 5.76. The number of likely N-dealkylation sites (N-methyl/N-ethyl adjacent to an activating group) is 1. The summed E-state index contributed by atoms with van der Waals surface area (Å²) in [4.78, 5) is 13.9. The Labute approximate surface area is 142 Å². The first-order valence-corrected chi connectivity index (χ1v) is 7.97. The quantitative estimate of drug-likeness (QED) is 0.708. The van der Waals surface area contributed by atoms with E-state index in [0.29, 0.717) is 44.4 Å². The lowest BCUT2D eigenvalue weighted by atomic mass is 10.0. The van der Waals surface area contributed by atoms with Crippen LogP contribution in [0.5, 0.6) is 11.5 Å².